The highest BCUT2D eigenvalue weighted by Crippen LogP contribution is 2.23. The third kappa shape index (κ3) is 4.73. The van der Waals surface area contributed by atoms with Crippen LogP contribution in [-0.4, -0.2) is 19.1 Å². The van der Waals surface area contributed by atoms with Crippen molar-refractivity contribution < 1.29 is 9.53 Å². The Morgan fingerprint density at radius 1 is 0.846 bits per heavy atom. The van der Waals surface area contributed by atoms with Crippen LogP contribution in [0.3, 0.4) is 0 Å². The minimum Gasteiger partial charge on any atom is -0.484 e. The quantitative estimate of drug-likeness (QED) is 0.692. The first-order valence-electron chi connectivity index (χ1n) is 8.79. The lowest BCUT2D eigenvalue weighted by Gasteiger charge is -2.19. The predicted molar refractivity (Wildman–Crippen MR) is 104 cm³/mol. The molecule has 0 aliphatic rings. The second kappa shape index (κ2) is 8.86. The number of ether oxygens (including phenoxy) is 1. The average molecular weight is 345 g/mol. The zero-order valence-electron chi connectivity index (χ0n) is 14.9. The first-order valence-corrected chi connectivity index (χ1v) is 8.79. The molecule has 3 aromatic carbocycles. The standard InChI is InChI=1S/C23H23NO2/c1-18-10-8-9-15-22(18)26-17-23(25)24-16-21(19-11-4-2-5-12-19)20-13-6-3-7-14-20/h2-15,21H,16-17H2,1H3,(H,24,25). The molecule has 1 N–H and O–H groups in total. The molecule has 3 heteroatoms. The molecule has 3 rings (SSSR count). The van der Waals surface area contributed by atoms with E-state index in [0.717, 1.165) is 11.3 Å². The van der Waals surface area contributed by atoms with Gasteiger partial charge in [-0.05, 0) is 29.7 Å². The maximum atomic E-state index is 12.3. The Morgan fingerprint density at radius 2 is 1.38 bits per heavy atom. The van der Waals surface area contributed by atoms with Crippen LogP contribution >= 0.6 is 0 Å². The number of carbonyl (C=O) groups excluding carboxylic acids is 1. The van der Waals surface area contributed by atoms with Gasteiger partial charge in [0.15, 0.2) is 6.61 Å². The van der Waals surface area contributed by atoms with E-state index in [1.807, 2.05) is 67.6 Å². The van der Waals surface area contributed by atoms with Crippen molar-refractivity contribution in [1.29, 1.82) is 0 Å². The Morgan fingerprint density at radius 3 is 1.96 bits per heavy atom. The fourth-order valence-corrected chi connectivity index (χ4v) is 2.93. The molecule has 3 aromatic rings. The number of nitrogens with one attached hydrogen (secondary N) is 1. The highest BCUT2D eigenvalue weighted by atomic mass is 16.5. The molecule has 0 fully saturated rings. The first kappa shape index (κ1) is 17.7. The topological polar surface area (TPSA) is 38.3 Å². The number of para-hydroxylation sites is 1. The Hall–Kier alpha value is -3.07. The number of carbonyl (C=O) groups is 1. The fraction of sp³-hybridized carbons (Fsp3) is 0.174. The van der Waals surface area contributed by atoms with E-state index in [1.54, 1.807) is 0 Å². The van der Waals surface area contributed by atoms with Crippen LogP contribution in [0.2, 0.25) is 0 Å². The van der Waals surface area contributed by atoms with Gasteiger partial charge in [-0.3, -0.25) is 4.79 Å². The van der Waals surface area contributed by atoms with Gasteiger partial charge in [0.05, 0.1) is 0 Å². The van der Waals surface area contributed by atoms with Gasteiger partial charge in [0.2, 0.25) is 0 Å². The van der Waals surface area contributed by atoms with Crippen molar-refractivity contribution in [2.75, 3.05) is 13.2 Å². The highest BCUT2D eigenvalue weighted by Gasteiger charge is 2.15. The van der Waals surface area contributed by atoms with Crippen LogP contribution in [0.25, 0.3) is 0 Å². The smallest absolute Gasteiger partial charge is 0.257 e. The number of hydrogen-bond acceptors (Lipinski definition) is 2. The second-order valence-electron chi connectivity index (χ2n) is 6.23. The summed E-state index contributed by atoms with van der Waals surface area (Å²) in [4.78, 5) is 12.3. The van der Waals surface area contributed by atoms with Gasteiger partial charge in [-0.1, -0.05) is 78.9 Å². The fourth-order valence-electron chi connectivity index (χ4n) is 2.93. The van der Waals surface area contributed by atoms with Crippen LogP contribution in [0.15, 0.2) is 84.9 Å². The SMILES string of the molecule is Cc1ccccc1OCC(=O)NCC(c1ccccc1)c1ccccc1. The van der Waals surface area contributed by atoms with Crippen LogP contribution in [0.5, 0.6) is 5.75 Å². The summed E-state index contributed by atoms with van der Waals surface area (Å²) in [6, 6.07) is 28.1. The maximum absolute atomic E-state index is 12.3. The van der Waals surface area contributed by atoms with Crippen molar-refractivity contribution in [3.8, 4) is 5.75 Å². The number of amides is 1. The van der Waals surface area contributed by atoms with Crippen molar-refractivity contribution in [3.05, 3.63) is 102 Å². The normalized spacial score (nSPS) is 10.5. The van der Waals surface area contributed by atoms with E-state index in [-0.39, 0.29) is 18.4 Å². The molecular weight excluding hydrogens is 322 g/mol. The number of hydrogen-bond donors (Lipinski definition) is 1. The van der Waals surface area contributed by atoms with Gasteiger partial charge >= 0.3 is 0 Å². The van der Waals surface area contributed by atoms with Crippen molar-refractivity contribution in [1.82, 2.24) is 5.32 Å². The number of rotatable bonds is 7. The molecule has 0 saturated carbocycles. The van der Waals surface area contributed by atoms with Crippen molar-refractivity contribution >= 4 is 5.91 Å². The van der Waals surface area contributed by atoms with Crippen molar-refractivity contribution in [3.63, 3.8) is 0 Å². The molecule has 0 aliphatic heterocycles. The zero-order valence-corrected chi connectivity index (χ0v) is 14.9. The van der Waals surface area contributed by atoms with Crippen molar-refractivity contribution in [2.24, 2.45) is 0 Å². The van der Waals surface area contributed by atoms with Crippen LogP contribution in [0.1, 0.15) is 22.6 Å². The zero-order chi connectivity index (χ0) is 18.2. The molecule has 0 radical (unpaired) electrons. The molecule has 0 spiro atoms. The lowest BCUT2D eigenvalue weighted by Crippen LogP contribution is -2.32. The Kier molecular flexibility index (Phi) is 6.05. The summed E-state index contributed by atoms with van der Waals surface area (Å²) in [5.41, 5.74) is 3.38. The van der Waals surface area contributed by atoms with Gasteiger partial charge < -0.3 is 10.1 Å². The third-order valence-corrected chi connectivity index (χ3v) is 4.36. The largest absolute Gasteiger partial charge is 0.484 e. The molecule has 0 aromatic heterocycles. The summed E-state index contributed by atoms with van der Waals surface area (Å²) >= 11 is 0. The molecule has 26 heavy (non-hydrogen) atoms. The molecule has 132 valence electrons. The highest BCUT2D eigenvalue weighted by molar-refractivity contribution is 5.77. The lowest BCUT2D eigenvalue weighted by molar-refractivity contribution is -0.123. The summed E-state index contributed by atoms with van der Waals surface area (Å²) in [5, 5.41) is 3.01. The van der Waals surface area contributed by atoms with Gasteiger partial charge in [0, 0.05) is 12.5 Å². The molecular formula is C23H23NO2. The van der Waals surface area contributed by atoms with Crippen LogP contribution < -0.4 is 10.1 Å². The minimum absolute atomic E-state index is 0.0150. The Labute approximate surface area is 154 Å². The van der Waals surface area contributed by atoms with Gasteiger partial charge in [-0.25, -0.2) is 0 Å². The summed E-state index contributed by atoms with van der Waals surface area (Å²) in [6.07, 6.45) is 0. The Balaban J connectivity index is 1.63. The van der Waals surface area contributed by atoms with Gasteiger partial charge in [-0.15, -0.1) is 0 Å². The molecule has 0 unspecified atom stereocenters. The van der Waals surface area contributed by atoms with E-state index in [4.69, 9.17) is 4.74 Å². The predicted octanol–water partition coefficient (Wildman–Crippen LogP) is 4.32. The van der Waals surface area contributed by atoms with E-state index in [1.165, 1.54) is 11.1 Å². The summed E-state index contributed by atoms with van der Waals surface area (Å²) in [6.45, 7) is 2.51. The van der Waals surface area contributed by atoms with Gasteiger partial charge in [0.1, 0.15) is 5.75 Å². The van der Waals surface area contributed by atoms with Crippen LogP contribution in [-0.2, 0) is 4.79 Å². The molecule has 0 atom stereocenters. The minimum atomic E-state index is -0.120. The summed E-state index contributed by atoms with van der Waals surface area (Å²) < 4.78 is 5.63. The molecule has 3 nitrogen and oxygen atoms in total. The Bertz CT molecular complexity index is 792. The van der Waals surface area contributed by atoms with Crippen LogP contribution in [0.4, 0.5) is 0 Å². The van der Waals surface area contributed by atoms with Crippen molar-refractivity contribution in [2.45, 2.75) is 12.8 Å². The molecule has 0 saturated heterocycles. The first-order chi connectivity index (χ1) is 12.7. The molecule has 0 bridgehead atoms. The van der Waals surface area contributed by atoms with E-state index >= 15 is 0 Å². The summed E-state index contributed by atoms with van der Waals surface area (Å²) in [5.74, 6) is 0.732. The molecule has 0 heterocycles. The van der Waals surface area contributed by atoms with Crippen LogP contribution in [0, 0.1) is 6.92 Å². The number of aryl methyl sites for hydroxylation is 1. The number of benzene rings is 3. The lowest BCUT2D eigenvalue weighted by atomic mass is 9.91. The monoisotopic (exact) mass is 345 g/mol. The van der Waals surface area contributed by atoms with Gasteiger partial charge in [0.25, 0.3) is 5.91 Å². The van der Waals surface area contributed by atoms with E-state index in [2.05, 4.69) is 29.6 Å². The van der Waals surface area contributed by atoms with E-state index < -0.39 is 0 Å². The maximum Gasteiger partial charge on any atom is 0.257 e. The molecule has 0 aliphatic carbocycles. The average Bonchev–Trinajstić information content (AvgIpc) is 2.69. The molecule has 1 amide bonds. The summed E-state index contributed by atoms with van der Waals surface area (Å²) in [7, 11) is 0. The third-order valence-electron chi connectivity index (χ3n) is 4.36. The van der Waals surface area contributed by atoms with E-state index in [9.17, 15) is 4.79 Å². The van der Waals surface area contributed by atoms with E-state index in [0.29, 0.717) is 6.54 Å². The van der Waals surface area contributed by atoms with Gasteiger partial charge in [-0.2, -0.15) is 0 Å². The second-order valence-corrected chi connectivity index (χ2v) is 6.23.